The van der Waals surface area contributed by atoms with Crippen LogP contribution >= 0.6 is 0 Å². The monoisotopic (exact) mass is 442 g/mol. The number of nitrogens with zero attached hydrogens (tertiary/aromatic N) is 6. The maximum absolute atomic E-state index is 14.6. The molecule has 0 fully saturated rings. The minimum absolute atomic E-state index is 0.226. The Kier molecular flexibility index (Phi) is 5.26. The van der Waals surface area contributed by atoms with Crippen LogP contribution in [0.15, 0.2) is 79.3 Å². The highest BCUT2D eigenvalue weighted by Crippen LogP contribution is 2.24. The minimum atomic E-state index is -0.418. The van der Waals surface area contributed by atoms with Crippen molar-refractivity contribution in [1.82, 2.24) is 28.8 Å². The first-order valence-corrected chi connectivity index (χ1v) is 10.7. The highest BCUT2D eigenvalue weighted by molar-refractivity contribution is 5.97. The molecule has 0 N–H and O–H groups in total. The predicted octanol–water partition coefficient (Wildman–Crippen LogP) is 4.44. The molecule has 0 unspecified atom stereocenters. The smallest absolute Gasteiger partial charge is 0.259 e. The number of aryl methyl sites for hydroxylation is 1. The van der Waals surface area contributed by atoms with Gasteiger partial charge in [0, 0.05) is 26.0 Å². The fraction of sp³-hybridized carbons (Fsp3) is 0.160. The van der Waals surface area contributed by atoms with Crippen LogP contribution in [0.1, 0.15) is 23.1 Å². The van der Waals surface area contributed by atoms with Gasteiger partial charge >= 0.3 is 0 Å². The molecule has 3 heterocycles. The Morgan fingerprint density at radius 2 is 1.76 bits per heavy atom. The van der Waals surface area contributed by atoms with Crippen molar-refractivity contribution < 1.29 is 9.18 Å². The summed E-state index contributed by atoms with van der Waals surface area (Å²) < 4.78 is 19.9. The van der Waals surface area contributed by atoms with Gasteiger partial charge in [-0.2, -0.15) is 5.10 Å². The molecule has 0 atom stereocenters. The minimum Gasteiger partial charge on any atom is -0.334 e. The van der Waals surface area contributed by atoms with Gasteiger partial charge in [0.15, 0.2) is 5.82 Å². The Labute approximate surface area is 190 Å². The number of halogens is 1. The van der Waals surface area contributed by atoms with Gasteiger partial charge < -0.3 is 14.0 Å². The van der Waals surface area contributed by atoms with Crippen molar-refractivity contribution in [1.29, 1.82) is 0 Å². The molecule has 7 nitrogen and oxygen atoms in total. The summed E-state index contributed by atoms with van der Waals surface area (Å²) in [5.41, 5.74) is 2.58. The summed E-state index contributed by atoms with van der Waals surface area (Å²) in [5, 5.41) is 4.37. The van der Waals surface area contributed by atoms with Gasteiger partial charge in [-0.15, -0.1) is 0 Å². The van der Waals surface area contributed by atoms with Crippen LogP contribution in [0.2, 0.25) is 0 Å². The molecule has 0 radical (unpaired) electrons. The standard InChI is InChI=1S/C25H23FN6O/c1-3-31-22-13-7-5-11-20(22)28-23(31)17-29(2)25(33)18-16-27-32(21-12-6-4-10-19(21)26)24(18)30-14-8-9-15-30/h4-16H,3,17H2,1-2H3. The number of imidazole rings is 1. The highest BCUT2D eigenvalue weighted by Gasteiger charge is 2.24. The molecule has 166 valence electrons. The zero-order valence-electron chi connectivity index (χ0n) is 18.4. The van der Waals surface area contributed by atoms with Crippen molar-refractivity contribution in [2.75, 3.05) is 7.05 Å². The van der Waals surface area contributed by atoms with Gasteiger partial charge in [-0.05, 0) is 43.3 Å². The van der Waals surface area contributed by atoms with Crippen LogP contribution in [0.4, 0.5) is 4.39 Å². The van der Waals surface area contributed by atoms with Gasteiger partial charge in [0.05, 0.1) is 23.8 Å². The Morgan fingerprint density at radius 1 is 1.03 bits per heavy atom. The second-order valence-electron chi connectivity index (χ2n) is 7.76. The third-order valence-electron chi connectivity index (χ3n) is 5.68. The molecule has 0 saturated heterocycles. The molecule has 0 aliphatic rings. The molecule has 0 bridgehead atoms. The van der Waals surface area contributed by atoms with Crippen LogP contribution in [-0.2, 0) is 13.1 Å². The number of hydrogen-bond donors (Lipinski definition) is 0. The molecule has 0 spiro atoms. The lowest BCUT2D eigenvalue weighted by molar-refractivity contribution is 0.0780. The molecule has 1 amide bonds. The summed E-state index contributed by atoms with van der Waals surface area (Å²) in [6.45, 7) is 3.14. The normalized spacial score (nSPS) is 11.2. The van der Waals surface area contributed by atoms with Gasteiger partial charge in [-0.3, -0.25) is 4.79 Å². The number of para-hydroxylation sites is 3. The van der Waals surface area contributed by atoms with Gasteiger partial charge in [-0.1, -0.05) is 24.3 Å². The van der Waals surface area contributed by atoms with E-state index in [2.05, 4.69) is 16.6 Å². The lowest BCUT2D eigenvalue weighted by Crippen LogP contribution is -2.28. The number of aromatic nitrogens is 5. The zero-order valence-corrected chi connectivity index (χ0v) is 18.4. The van der Waals surface area contributed by atoms with Crippen LogP contribution in [0, 0.1) is 5.82 Å². The molecule has 3 aromatic heterocycles. The van der Waals surface area contributed by atoms with E-state index < -0.39 is 5.82 Å². The maximum Gasteiger partial charge on any atom is 0.259 e. The van der Waals surface area contributed by atoms with Crippen molar-refractivity contribution in [3.63, 3.8) is 0 Å². The summed E-state index contributed by atoms with van der Waals surface area (Å²) in [6, 6.07) is 18.0. The first-order valence-electron chi connectivity index (χ1n) is 10.7. The third kappa shape index (κ3) is 3.59. The number of carbonyl (C=O) groups is 1. The Bertz CT molecular complexity index is 1430. The van der Waals surface area contributed by atoms with Crippen molar-refractivity contribution in [3.05, 3.63) is 96.5 Å². The van der Waals surface area contributed by atoms with Crippen LogP contribution in [0.3, 0.4) is 0 Å². The van der Waals surface area contributed by atoms with E-state index in [0.717, 1.165) is 23.4 Å². The average Bonchev–Trinajstić information content (AvgIpc) is 3.56. The van der Waals surface area contributed by atoms with Crippen molar-refractivity contribution >= 4 is 16.9 Å². The number of hydrogen-bond acceptors (Lipinski definition) is 3. The van der Waals surface area contributed by atoms with Crippen LogP contribution < -0.4 is 0 Å². The maximum atomic E-state index is 14.6. The van der Waals surface area contributed by atoms with E-state index in [4.69, 9.17) is 4.98 Å². The van der Waals surface area contributed by atoms with E-state index in [1.54, 1.807) is 34.7 Å². The number of fused-ring (bicyclic) bond motifs is 1. The van der Waals surface area contributed by atoms with Crippen LogP contribution in [-0.4, -0.2) is 41.8 Å². The number of benzene rings is 2. The van der Waals surface area contributed by atoms with Crippen molar-refractivity contribution in [3.8, 4) is 11.5 Å². The van der Waals surface area contributed by atoms with Crippen LogP contribution in [0.5, 0.6) is 0 Å². The molecule has 0 aliphatic heterocycles. The molecule has 2 aromatic carbocycles. The quantitative estimate of drug-likeness (QED) is 0.391. The molecule has 33 heavy (non-hydrogen) atoms. The number of rotatable bonds is 6. The zero-order chi connectivity index (χ0) is 22.9. The average molecular weight is 442 g/mol. The van der Waals surface area contributed by atoms with Gasteiger partial charge in [0.2, 0.25) is 0 Å². The summed E-state index contributed by atoms with van der Waals surface area (Å²) >= 11 is 0. The van der Waals surface area contributed by atoms with E-state index >= 15 is 0 Å². The molecule has 5 rings (SSSR count). The van der Waals surface area contributed by atoms with Crippen molar-refractivity contribution in [2.24, 2.45) is 0 Å². The summed E-state index contributed by atoms with van der Waals surface area (Å²) in [7, 11) is 1.74. The fourth-order valence-corrected chi connectivity index (χ4v) is 4.11. The molecule has 0 aliphatic carbocycles. The summed E-state index contributed by atoms with van der Waals surface area (Å²) in [5.74, 6) is 0.638. The van der Waals surface area contributed by atoms with Gasteiger partial charge in [-0.25, -0.2) is 14.1 Å². The first kappa shape index (κ1) is 20.7. The molecule has 5 aromatic rings. The predicted molar refractivity (Wildman–Crippen MR) is 124 cm³/mol. The Hall–Kier alpha value is -4.20. The SMILES string of the molecule is CCn1c(CN(C)C(=O)c2cnn(-c3ccccc3F)c2-n2cccc2)nc2ccccc21. The third-order valence-corrected chi connectivity index (χ3v) is 5.68. The fourth-order valence-electron chi connectivity index (χ4n) is 4.11. The first-order chi connectivity index (χ1) is 16.1. The molecule has 0 saturated carbocycles. The largest absolute Gasteiger partial charge is 0.334 e. The molecular weight excluding hydrogens is 419 g/mol. The number of carbonyl (C=O) groups excluding carboxylic acids is 1. The van der Waals surface area contributed by atoms with Gasteiger partial charge in [0.25, 0.3) is 5.91 Å². The van der Waals surface area contributed by atoms with Gasteiger partial charge in [0.1, 0.15) is 22.9 Å². The molecular formula is C25H23FN6O. The van der Waals surface area contributed by atoms with E-state index in [1.165, 1.54) is 16.9 Å². The number of amides is 1. The van der Waals surface area contributed by atoms with Crippen molar-refractivity contribution in [2.45, 2.75) is 20.0 Å². The molecule has 8 heteroatoms. The van der Waals surface area contributed by atoms with E-state index in [9.17, 15) is 9.18 Å². The van der Waals surface area contributed by atoms with E-state index in [1.807, 2.05) is 48.8 Å². The second kappa shape index (κ2) is 8.38. The summed E-state index contributed by atoms with van der Waals surface area (Å²) in [6.07, 6.45) is 5.10. The summed E-state index contributed by atoms with van der Waals surface area (Å²) in [4.78, 5) is 19.9. The highest BCUT2D eigenvalue weighted by atomic mass is 19.1. The van der Waals surface area contributed by atoms with E-state index in [-0.39, 0.29) is 11.6 Å². The van der Waals surface area contributed by atoms with E-state index in [0.29, 0.717) is 17.9 Å². The topological polar surface area (TPSA) is 60.9 Å². The Morgan fingerprint density at radius 3 is 2.52 bits per heavy atom. The van der Waals surface area contributed by atoms with Crippen LogP contribution in [0.25, 0.3) is 22.5 Å². The Balaban J connectivity index is 1.53. The second-order valence-corrected chi connectivity index (χ2v) is 7.76. The lowest BCUT2D eigenvalue weighted by atomic mass is 10.2. The lowest BCUT2D eigenvalue weighted by Gasteiger charge is -2.18.